The van der Waals surface area contributed by atoms with Gasteiger partial charge in [-0.05, 0) is 25.7 Å². The first-order chi connectivity index (χ1) is 15.1. The number of nitrogens with one attached hydrogen (secondary N) is 2. The van der Waals surface area contributed by atoms with E-state index in [1.54, 1.807) is 6.07 Å². The number of anilines is 1. The molecule has 7 heteroatoms. The number of aliphatic hydroxyl groups is 1. The predicted octanol–water partition coefficient (Wildman–Crippen LogP) is 3.08. The van der Waals surface area contributed by atoms with E-state index in [-0.39, 0.29) is 12.5 Å². The predicted molar refractivity (Wildman–Crippen MR) is 124 cm³/mol. The minimum atomic E-state index is -0.652. The largest absolute Gasteiger partial charge is 0.390 e. The fraction of sp³-hybridized carbons (Fsp3) is 0.542. The molecule has 1 amide bonds. The smallest absolute Gasteiger partial charge is 0.270 e. The summed E-state index contributed by atoms with van der Waals surface area (Å²) in [6, 6.07) is 2.10. The van der Waals surface area contributed by atoms with E-state index < -0.39 is 6.10 Å². The molecule has 2 aliphatic rings. The molecule has 1 atom stereocenters. The summed E-state index contributed by atoms with van der Waals surface area (Å²) in [5, 5.41) is 16.7. The van der Waals surface area contributed by atoms with E-state index in [9.17, 15) is 9.90 Å². The van der Waals surface area contributed by atoms with E-state index in [4.69, 9.17) is 0 Å². The standard InChI is InChI=1S/C24H35N5O2/c1-19-9-5-2-3-8-13-29(14-12-19)17-21(30)16-25-24(31)22-15-23(27-18-26-22)28-20-10-6-4-7-11-20/h2-3,5,9,15,18,20-21,30H,1,4,6-8,10-14,16-17H2,(H,25,31)(H,26,27,28)/b3-2-,9-5-/t21-/m0/s1. The third-order valence-corrected chi connectivity index (χ3v) is 5.76. The van der Waals surface area contributed by atoms with Crippen LogP contribution in [0.25, 0.3) is 0 Å². The number of amides is 1. The molecule has 2 heterocycles. The lowest BCUT2D eigenvalue weighted by molar-refractivity contribution is 0.0857. The van der Waals surface area contributed by atoms with Crippen LogP contribution in [-0.4, -0.2) is 64.2 Å². The van der Waals surface area contributed by atoms with Gasteiger partial charge in [0.25, 0.3) is 5.91 Å². The highest BCUT2D eigenvalue weighted by Gasteiger charge is 2.17. The van der Waals surface area contributed by atoms with Gasteiger partial charge in [-0.2, -0.15) is 0 Å². The van der Waals surface area contributed by atoms with Crippen LogP contribution >= 0.6 is 0 Å². The molecule has 0 aromatic carbocycles. The summed E-state index contributed by atoms with van der Waals surface area (Å²) < 4.78 is 0. The molecule has 1 saturated carbocycles. The molecule has 0 saturated heterocycles. The number of hydrogen-bond donors (Lipinski definition) is 3. The van der Waals surface area contributed by atoms with Crippen molar-refractivity contribution in [2.45, 2.75) is 57.1 Å². The maximum absolute atomic E-state index is 12.5. The van der Waals surface area contributed by atoms with Crippen LogP contribution in [0.5, 0.6) is 0 Å². The van der Waals surface area contributed by atoms with Gasteiger partial charge in [0.15, 0.2) is 0 Å². The summed E-state index contributed by atoms with van der Waals surface area (Å²) in [6.45, 7) is 6.44. The average Bonchev–Trinajstić information content (AvgIpc) is 2.78. The van der Waals surface area contributed by atoms with Crippen molar-refractivity contribution in [1.29, 1.82) is 0 Å². The number of carbonyl (C=O) groups excluding carboxylic acids is 1. The minimum Gasteiger partial charge on any atom is -0.390 e. The second-order valence-corrected chi connectivity index (χ2v) is 8.42. The Labute approximate surface area is 185 Å². The number of allylic oxidation sites excluding steroid dienone is 3. The molecule has 0 unspecified atom stereocenters. The van der Waals surface area contributed by atoms with Gasteiger partial charge in [-0.25, -0.2) is 9.97 Å². The van der Waals surface area contributed by atoms with Crippen molar-refractivity contribution in [2.24, 2.45) is 0 Å². The number of aromatic nitrogens is 2. The number of aliphatic hydroxyl groups excluding tert-OH is 1. The maximum atomic E-state index is 12.5. The van der Waals surface area contributed by atoms with E-state index in [2.05, 4.69) is 38.2 Å². The molecule has 1 aromatic rings. The van der Waals surface area contributed by atoms with Crippen molar-refractivity contribution in [3.63, 3.8) is 0 Å². The summed E-state index contributed by atoms with van der Waals surface area (Å²) in [5.41, 5.74) is 1.38. The number of β-amino-alcohol motifs (C(OH)–C–C–N with tert-alkyl or cyclic N) is 1. The van der Waals surface area contributed by atoms with Crippen LogP contribution in [0, 0.1) is 0 Å². The lowest BCUT2D eigenvalue weighted by atomic mass is 9.95. The fourth-order valence-electron chi connectivity index (χ4n) is 3.98. The highest BCUT2D eigenvalue weighted by Crippen LogP contribution is 2.20. The van der Waals surface area contributed by atoms with Crippen molar-refractivity contribution < 1.29 is 9.90 Å². The molecule has 3 rings (SSSR count). The van der Waals surface area contributed by atoms with Crippen LogP contribution in [0.2, 0.25) is 0 Å². The zero-order valence-electron chi connectivity index (χ0n) is 18.3. The molecule has 31 heavy (non-hydrogen) atoms. The van der Waals surface area contributed by atoms with Crippen LogP contribution < -0.4 is 10.6 Å². The summed E-state index contributed by atoms with van der Waals surface area (Å²) in [5.74, 6) is 0.387. The lowest BCUT2D eigenvalue weighted by Gasteiger charge is -2.25. The van der Waals surface area contributed by atoms with Crippen LogP contribution in [0.3, 0.4) is 0 Å². The summed E-state index contributed by atoms with van der Waals surface area (Å²) in [4.78, 5) is 23.1. The Morgan fingerprint density at radius 2 is 2.06 bits per heavy atom. The third kappa shape index (κ3) is 8.26. The van der Waals surface area contributed by atoms with Crippen LogP contribution in [0.15, 0.2) is 48.8 Å². The van der Waals surface area contributed by atoms with Crippen molar-refractivity contribution in [3.8, 4) is 0 Å². The third-order valence-electron chi connectivity index (χ3n) is 5.76. The van der Waals surface area contributed by atoms with Gasteiger partial charge in [0.05, 0.1) is 6.10 Å². The monoisotopic (exact) mass is 425 g/mol. The first kappa shape index (κ1) is 23.2. The molecule has 1 aromatic heterocycles. The highest BCUT2D eigenvalue weighted by molar-refractivity contribution is 5.92. The number of nitrogens with zero attached hydrogens (tertiary/aromatic N) is 3. The Bertz CT molecular complexity index is 786. The van der Waals surface area contributed by atoms with E-state index in [0.717, 1.165) is 44.3 Å². The van der Waals surface area contributed by atoms with Gasteiger partial charge in [-0.3, -0.25) is 4.79 Å². The average molecular weight is 426 g/mol. The van der Waals surface area contributed by atoms with Crippen LogP contribution in [0.1, 0.15) is 55.4 Å². The van der Waals surface area contributed by atoms with Gasteiger partial charge >= 0.3 is 0 Å². The highest BCUT2D eigenvalue weighted by atomic mass is 16.3. The quantitative estimate of drug-likeness (QED) is 0.622. The SMILES string of the molecule is C=C1/C=C\C=C/CCN(C[C@@H](O)CNC(=O)c2cc(NC3CCCCC3)ncn2)CC1. The molecule has 1 fully saturated rings. The van der Waals surface area contributed by atoms with Gasteiger partial charge in [0, 0.05) is 38.3 Å². The van der Waals surface area contributed by atoms with E-state index in [0.29, 0.717) is 24.1 Å². The molecule has 7 nitrogen and oxygen atoms in total. The fourth-order valence-corrected chi connectivity index (χ4v) is 3.98. The van der Waals surface area contributed by atoms with Gasteiger partial charge in [0.1, 0.15) is 17.8 Å². The Kier molecular flexibility index (Phi) is 9.24. The Hall–Kier alpha value is -2.51. The summed E-state index contributed by atoms with van der Waals surface area (Å²) in [7, 11) is 0. The number of carbonyl (C=O) groups is 1. The van der Waals surface area contributed by atoms with Gasteiger partial charge < -0.3 is 20.6 Å². The van der Waals surface area contributed by atoms with Crippen molar-refractivity contribution >= 4 is 11.7 Å². The molecule has 3 N–H and O–H groups in total. The van der Waals surface area contributed by atoms with Crippen molar-refractivity contribution in [2.75, 3.05) is 31.5 Å². The Morgan fingerprint density at radius 3 is 2.90 bits per heavy atom. The van der Waals surface area contributed by atoms with E-state index in [1.807, 2.05) is 18.2 Å². The summed E-state index contributed by atoms with van der Waals surface area (Å²) >= 11 is 0. The number of rotatable bonds is 7. The topological polar surface area (TPSA) is 90.4 Å². The van der Waals surface area contributed by atoms with Gasteiger partial charge in [-0.1, -0.05) is 55.7 Å². The number of hydrogen-bond acceptors (Lipinski definition) is 6. The first-order valence-electron chi connectivity index (χ1n) is 11.4. The van der Waals surface area contributed by atoms with Crippen molar-refractivity contribution in [3.05, 3.63) is 54.5 Å². The maximum Gasteiger partial charge on any atom is 0.270 e. The van der Waals surface area contributed by atoms with Gasteiger partial charge in [-0.15, -0.1) is 0 Å². The van der Waals surface area contributed by atoms with E-state index >= 15 is 0 Å². The normalized spacial score (nSPS) is 21.8. The molecule has 168 valence electrons. The molecular formula is C24H35N5O2. The molecule has 0 radical (unpaired) electrons. The van der Waals surface area contributed by atoms with Crippen LogP contribution in [0.4, 0.5) is 5.82 Å². The van der Waals surface area contributed by atoms with Gasteiger partial charge in [0.2, 0.25) is 0 Å². The Balaban J connectivity index is 1.46. The van der Waals surface area contributed by atoms with E-state index in [1.165, 1.54) is 25.6 Å². The summed E-state index contributed by atoms with van der Waals surface area (Å²) in [6.07, 6.45) is 16.8. The van der Waals surface area contributed by atoms with Crippen LogP contribution in [-0.2, 0) is 0 Å². The minimum absolute atomic E-state index is 0.182. The molecule has 1 aliphatic heterocycles. The zero-order valence-corrected chi connectivity index (χ0v) is 18.3. The molecular weight excluding hydrogens is 390 g/mol. The Morgan fingerprint density at radius 1 is 1.23 bits per heavy atom. The molecule has 0 bridgehead atoms. The molecule has 1 aliphatic carbocycles. The second-order valence-electron chi connectivity index (χ2n) is 8.42. The zero-order chi connectivity index (χ0) is 21.9. The second kappa shape index (κ2) is 12.4. The lowest BCUT2D eigenvalue weighted by Crippen LogP contribution is -2.41. The first-order valence-corrected chi connectivity index (χ1v) is 11.4. The molecule has 0 spiro atoms. The van der Waals surface area contributed by atoms with Crippen molar-refractivity contribution in [1.82, 2.24) is 20.2 Å².